The Morgan fingerprint density at radius 3 is 2.57 bits per heavy atom. The Bertz CT molecular complexity index is 175. The lowest BCUT2D eigenvalue weighted by atomic mass is 10.3. The van der Waals surface area contributed by atoms with Crippen LogP contribution in [-0.2, 0) is 4.79 Å². The Hall–Kier alpha value is -0.430. The van der Waals surface area contributed by atoms with Gasteiger partial charge in [-0.05, 0) is 24.7 Å². The van der Waals surface area contributed by atoms with Gasteiger partial charge in [-0.25, -0.2) is 0 Å². The fraction of sp³-hybridized carbons (Fsp3) is 0.857. The summed E-state index contributed by atoms with van der Waals surface area (Å²) < 4.78 is 34.8. The molecule has 0 aromatic carbocycles. The molecule has 0 rings (SSSR count). The molecule has 7 heteroatoms. The van der Waals surface area contributed by atoms with E-state index >= 15 is 0 Å². The van der Waals surface area contributed by atoms with Crippen LogP contribution in [0.1, 0.15) is 12.8 Å². The first kappa shape index (κ1) is 13.6. The Kier molecular flexibility index (Phi) is 6.73. The summed E-state index contributed by atoms with van der Waals surface area (Å²) in [5.74, 6) is -0.407. The molecule has 0 aromatic heterocycles. The molecule has 14 heavy (non-hydrogen) atoms. The van der Waals surface area contributed by atoms with Crippen molar-refractivity contribution in [1.82, 2.24) is 5.32 Å². The van der Waals surface area contributed by atoms with Gasteiger partial charge in [0.2, 0.25) is 5.91 Å². The topological polar surface area (TPSA) is 55.1 Å². The van der Waals surface area contributed by atoms with Crippen molar-refractivity contribution in [2.24, 2.45) is 5.73 Å². The third-order valence-corrected chi connectivity index (χ3v) is 2.03. The van der Waals surface area contributed by atoms with E-state index in [-0.39, 0.29) is 36.4 Å². The molecule has 0 atom stereocenters. The fourth-order valence-corrected chi connectivity index (χ4v) is 1.14. The first-order chi connectivity index (χ1) is 6.45. The minimum Gasteiger partial charge on any atom is -0.355 e. The summed E-state index contributed by atoms with van der Waals surface area (Å²) in [5.41, 5.74) is 0.936. The van der Waals surface area contributed by atoms with E-state index in [9.17, 15) is 18.0 Å². The van der Waals surface area contributed by atoms with Crippen LogP contribution in [0.15, 0.2) is 0 Å². The van der Waals surface area contributed by atoms with Crippen molar-refractivity contribution in [2.75, 3.05) is 18.8 Å². The highest BCUT2D eigenvalue weighted by atomic mass is 32.2. The van der Waals surface area contributed by atoms with E-state index in [4.69, 9.17) is 5.73 Å². The first-order valence-electron chi connectivity index (χ1n) is 4.13. The Balaban J connectivity index is 3.32. The first-order valence-corrected chi connectivity index (χ1v) is 5.11. The minimum absolute atomic E-state index is 0.0353. The van der Waals surface area contributed by atoms with Crippen molar-refractivity contribution in [2.45, 2.75) is 18.3 Å². The van der Waals surface area contributed by atoms with E-state index < -0.39 is 5.51 Å². The average molecular weight is 230 g/mol. The normalized spacial score (nSPS) is 11.4. The zero-order valence-electron chi connectivity index (χ0n) is 7.56. The van der Waals surface area contributed by atoms with E-state index in [1.165, 1.54) is 0 Å². The van der Waals surface area contributed by atoms with E-state index in [1.807, 2.05) is 0 Å². The number of nitrogens with one attached hydrogen (secondary N) is 1. The summed E-state index contributed by atoms with van der Waals surface area (Å²) in [4.78, 5) is 10.9. The van der Waals surface area contributed by atoms with Crippen molar-refractivity contribution < 1.29 is 18.0 Å². The number of alkyl halides is 3. The predicted molar refractivity (Wildman–Crippen MR) is 49.8 cm³/mol. The lowest BCUT2D eigenvalue weighted by molar-refractivity contribution is -0.121. The number of halogens is 3. The maximum Gasteiger partial charge on any atom is 0.441 e. The molecule has 84 valence electrons. The summed E-state index contributed by atoms with van der Waals surface area (Å²) in [6, 6.07) is 0. The monoisotopic (exact) mass is 230 g/mol. The molecule has 0 heterocycles. The van der Waals surface area contributed by atoms with Crippen molar-refractivity contribution in [3.05, 3.63) is 0 Å². The Morgan fingerprint density at radius 1 is 1.43 bits per heavy atom. The van der Waals surface area contributed by atoms with Gasteiger partial charge in [0.05, 0.1) is 0 Å². The zero-order valence-corrected chi connectivity index (χ0v) is 8.38. The van der Waals surface area contributed by atoms with Gasteiger partial charge in [-0.2, -0.15) is 13.2 Å². The number of hydrogen-bond acceptors (Lipinski definition) is 3. The number of hydrogen-bond donors (Lipinski definition) is 2. The molecule has 3 nitrogen and oxygen atoms in total. The maximum atomic E-state index is 11.6. The number of nitrogens with two attached hydrogens (primary N) is 1. The number of carbonyl (C=O) groups is 1. The van der Waals surface area contributed by atoms with Gasteiger partial charge >= 0.3 is 5.51 Å². The zero-order chi connectivity index (χ0) is 11.0. The summed E-state index contributed by atoms with van der Waals surface area (Å²) in [5, 5.41) is 2.37. The summed E-state index contributed by atoms with van der Waals surface area (Å²) in [6.45, 7) is 0.443. The highest BCUT2D eigenvalue weighted by Crippen LogP contribution is 2.29. The van der Waals surface area contributed by atoms with Gasteiger partial charge in [0.25, 0.3) is 0 Å². The van der Waals surface area contributed by atoms with Crippen LogP contribution in [0.2, 0.25) is 0 Å². The highest BCUT2D eigenvalue weighted by Gasteiger charge is 2.27. The van der Waals surface area contributed by atoms with Crippen LogP contribution >= 0.6 is 11.8 Å². The van der Waals surface area contributed by atoms with E-state index in [2.05, 4.69) is 5.32 Å². The molecule has 0 bridgehead atoms. The number of rotatable bonds is 6. The average Bonchev–Trinajstić information content (AvgIpc) is 2.07. The van der Waals surface area contributed by atoms with E-state index in [0.717, 1.165) is 0 Å². The van der Waals surface area contributed by atoms with Gasteiger partial charge in [0.1, 0.15) is 0 Å². The molecule has 0 saturated heterocycles. The van der Waals surface area contributed by atoms with Crippen molar-refractivity contribution in [1.29, 1.82) is 0 Å². The third kappa shape index (κ3) is 9.66. The molecule has 0 fully saturated rings. The van der Waals surface area contributed by atoms with Gasteiger partial charge in [0, 0.05) is 18.7 Å². The maximum absolute atomic E-state index is 11.6. The van der Waals surface area contributed by atoms with Crippen molar-refractivity contribution >= 4 is 17.7 Å². The van der Waals surface area contributed by atoms with Crippen molar-refractivity contribution in [3.8, 4) is 0 Å². The fourth-order valence-electron chi connectivity index (χ4n) is 0.708. The van der Waals surface area contributed by atoms with Crippen LogP contribution in [0.4, 0.5) is 13.2 Å². The molecule has 0 aromatic rings. The summed E-state index contributed by atoms with van der Waals surface area (Å²) in [7, 11) is 0. The molecule has 3 N–H and O–H groups in total. The predicted octanol–water partition coefficient (Wildman–Crippen LogP) is 1.09. The second kappa shape index (κ2) is 6.94. The van der Waals surface area contributed by atoms with Crippen LogP contribution in [0.5, 0.6) is 0 Å². The van der Waals surface area contributed by atoms with Crippen LogP contribution in [0, 0.1) is 0 Å². The molecule has 0 aliphatic carbocycles. The van der Waals surface area contributed by atoms with E-state index in [1.54, 1.807) is 0 Å². The van der Waals surface area contributed by atoms with Crippen molar-refractivity contribution in [3.63, 3.8) is 0 Å². The Labute approximate surface area is 84.6 Å². The van der Waals surface area contributed by atoms with Gasteiger partial charge < -0.3 is 11.1 Å². The molecular formula is C7H13F3N2OS. The van der Waals surface area contributed by atoms with E-state index in [0.29, 0.717) is 13.0 Å². The van der Waals surface area contributed by atoms with Crippen LogP contribution in [-0.4, -0.2) is 30.3 Å². The third-order valence-electron chi connectivity index (χ3n) is 1.30. The lowest BCUT2D eigenvalue weighted by Gasteiger charge is -2.06. The highest BCUT2D eigenvalue weighted by molar-refractivity contribution is 8.00. The SMILES string of the molecule is NCCCC(=O)NCCSC(F)(F)F. The standard InChI is InChI=1S/C7H13F3N2OS/c8-7(9,10)14-5-4-12-6(13)2-1-3-11/h1-5,11H2,(H,12,13). The van der Waals surface area contributed by atoms with Gasteiger partial charge in [-0.1, -0.05) is 0 Å². The van der Waals surface area contributed by atoms with Gasteiger partial charge in [0.15, 0.2) is 0 Å². The quantitative estimate of drug-likeness (QED) is 0.672. The van der Waals surface area contributed by atoms with Gasteiger partial charge in [-0.3, -0.25) is 4.79 Å². The number of thioether (sulfide) groups is 1. The summed E-state index contributed by atoms with van der Waals surface area (Å²) in [6.07, 6.45) is 0.825. The minimum atomic E-state index is -4.22. The smallest absolute Gasteiger partial charge is 0.355 e. The molecule has 0 aliphatic rings. The number of amides is 1. The molecule has 0 unspecified atom stereocenters. The van der Waals surface area contributed by atoms with Crippen LogP contribution < -0.4 is 11.1 Å². The molecule has 0 saturated carbocycles. The lowest BCUT2D eigenvalue weighted by Crippen LogP contribution is -2.26. The largest absolute Gasteiger partial charge is 0.441 e. The second-order valence-corrected chi connectivity index (χ2v) is 3.70. The summed E-state index contributed by atoms with van der Waals surface area (Å²) >= 11 is -0.140. The molecular weight excluding hydrogens is 217 g/mol. The Morgan fingerprint density at radius 2 is 2.07 bits per heavy atom. The van der Waals surface area contributed by atoms with Crippen LogP contribution in [0.25, 0.3) is 0 Å². The second-order valence-electron chi connectivity index (χ2n) is 2.54. The van der Waals surface area contributed by atoms with Gasteiger partial charge in [-0.15, -0.1) is 0 Å². The molecule has 0 aliphatic heterocycles. The molecule has 0 radical (unpaired) electrons. The van der Waals surface area contributed by atoms with Crippen LogP contribution in [0.3, 0.4) is 0 Å². The number of carbonyl (C=O) groups excluding carboxylic acids is 1. The molecule has 1 amide bonds. The molecule has 0 spiro atoms.